The Labute approximate surface area is 191 Å². The van der Waals surface area contributed by atoms with Gasteiger partial charge in [0.1, 0.15) is 34.9 Å². The minimum absolute atomic E-state index is 0.0762. The Hall–Kier alpha value is -4.29. The van der Waals surface area contributed by atoms with Gasteiger partial charge in [0.2, 0.25) is 0 Å². The van der Waals surface area contributed by atoms with Gasteiger partial charge in [0.25, 0.3) is 11.5 Å². The van der Waals surface area contributed by atoms with Crippen LogP contribution in [0.15, 0.2) is 35.5 Å². The van der Waals surface area contributed by atoms with Gasteiger partial charge >= 0.3 is 0 Å². The summed E-state index contributed by atoms with van der Waals surface area (Å²) in [6, 6.07) is 2.09. The van der Waals surface area contributed by atoms with Gasteiger partial charge in [0.15, 0.2) is 11.5 Å². The molecule has 0 aromatic carbocycles. The lowest BCUT2D eigenvalue weighted by molar-refractivity contribution is 0.0949. The van der Waals surface area contributed by atoms with Crippen LogP contribution in [0.25, 0.3) is 11.5 Å². The van der Waals surface area contributed by atoms with E-state index in [4.69, 9.17) is 0 Å². The van der Waals surface area contributed by atoms with E-state index in [2.05, 4.69) is 31.1 Å². The van der Waals surface area contributed by atoms with E-state index in [0.29, 0.717) is 17.2 Å². The van der Waals surface area contributed by atoms with Crippen LogP contribution in [0.5, 0.6) is 0 Å². The average Bonchev–Trinajstić information content (AvgIpc) is 3.16. The van der Waals surface area contributed by atoms with Crippen molar-refractivity contribution in [3.8, 4) is 5.82 Å². The second kappa shape index (κ2) is 7.93. The van der Waals surface area contributed by atoms with Crippen LogP contribution in [-0.2, 0) is 7.05 Å². The van der Waals surface area contributed by atoms with E-state index in [9.17, 15) is 18.4 Å². The third-order valence-electron chi connectivity index (χ3n) is 5.46. The second-order valence-corrected chi connectivity index (χ2v) is 8.08. The Balaban J connectivity index is 1.55. The van der Waals surface area contributed by atoms with Gasteiger partial charge in [-0.3, -0.25) is 18.8 Å². The number of nitrogens with one attached hydrogen (secondary N) is 3. The summed E-state index contributed by atoms with van der Waals surface area (Å²) in [7, 11) is 3.35. The zero-order chi connectivity index (χ0) is 24.1. The second-order valence-electron chi connectivity index (χ2n) is 8.08. The maximum Gasteiger partial charge on any atom is 0.280 e. The number of rotatable bonds is 6. The van der Waals surface area contributed by atoms with Gasteiger partial charge in [-0.2, -0.15) is 14.7 Å². The van der Waals surface area contributed by atoms with Crippen molar-refractivity contribution in [2.24, 2.45) is 7.05 Å². The Morgan fingerprint density at radius 1 is 1.26 bits per heavy atom. The molecule has 0 aliphatic heterocycles. The predicted molar refractivity (Wildman–Crippen MR) is 120 cm³/mol. The number of halogens is 2. The number of pyridine rings is 1. The molecule has 34 heavy (non-hydrogen) atoms. The highest BCUT2D eigenvalue weighted by molar-refractivity contribution is 6.00. The van der Waals surface area contributed by atoms with Gasteiger partial charge in [0.05, 0.1) is 18.4 Å². The summed E-state index contributed by atoms with van der Waals surface area (Å²) in [6.07, 6.45) is 3.33. The molecule has 5 rings (SSSR count). The lowest BCUT2D eigenvalue weighted by Gasteiger charge is -2.12. The van der Waals surface area contributed by atoms with Crippen molar-refractivity contribution in [1.82, 2.24) is 34.3 Å². The zero-order valence-electron chi connectivity index (χ0n) is 18.5. The average molecular weight is 469 g/mol. The van der Waals surface area contributed by atoms with Crippen molar-refractivity contribution < 1.29 is 13.6 Å². The number of amides is 1. The Kier molecular flexibility index (Phi) is 5.03. The molecule has 0 unspecified atom stereocenters. The minimum atomic E-state index is -1.05. The Bertz CT molecular complexity index is 1490. The number of hydrogen-bond acceptors (Lipinski definition) is 7. The smallest absolute Gasteiger partial charge is 0.280 e. The number of aromatic nitrogens is 6. The molecule has 11 nitrogen and oxygen atoms in total. The number of nitrogens with zero attached hydrogens (tertiary/aromatic N) is 6. The highest BCUT2D eigenvalue weighted by atomic mass is 19.1. The van der Waals surface area contributed by atoms with Gasteiger partial charge < -0.3 is 16.0 Å². The standard InChI is InChI=1S/C21H21F2N9O2/c1-10-8-30(3)29-18(10)31-9-11(22)4-15(21(31)34)26-16-6-17(24-2)32-19(28-16)12(7-25-32)20(33)27-14-5-13(14)23/h4,6-9,13-14,24H,5H2,1-3H3,(H,26,28)(H,27,33)/t13-,14+/m0/s1. The molecular weight excluding hydrogens is 448 g/mol. The molecule has 3 N–H and O–H groups in total. The summed E-state index contributed by atoms with van der Waals surface area (Å²) in [5.74, 6) is -0.232. The largest absolute Gasteiger partial charge is 0.373 e. The molecule has 4 heterocycles. The third-order valence-corrected chi connectivity index (χ3v) is 5.46. The topological polar surface area (TPSA) is 123 Å². The zero-order valence-corrected chi connectivity index (χ0v) is 18.5. The van der Waals surface area contributed by atoms with Crippen molar-refractivity contribution in [2.75, 3.05) is 17.7 Å². The SMILES string of the molecule is CNc1cc(Nc2cc(F)cn(-c3nn(C)cc3C)c2=O)nc2c(C(=O)N[C@@H]3C[C@@H]3F)cnn12. The molecule has 0 bridgehead atoms. The fraction of sp³-hybridized carbons (Fsp3) is 0.286. The van der Waals surface area contributed by atoms with Gasteiger partial charge in [-0.1, -0.05) is 0 Å². The number of alkyl halides is 1. The number of aryl methyl sites for hydroxylation is 2. The van der Waals surface area contributed by atoms with E-state index in [1.165, 1.54) is 15.4 Å². The van der Waals surface area contributed by atoms with Gasteiger partial charge in [-0.15, -0.1) is 0 Å². The first-order valence-electron chi connectivity index (χ1n) is 10.5. The summed E-state index contributed by atoms with van der Waals surface area (Å²) in [5.41, 5.74) is 0.400. The minimum Gasteiger partial charge on any atom is -0.373 e. The molecule has 0 saturated heterocycles. The van der Waals surface area contributed by atoms with Crippen molar-refractivity contribution in [3.05, 3.63) is 58.0 Å². The summed E-state index contributed by atoms with van der Waals surface area (Å²) in [4.78, 5) is 30.1. The molecule has 13 heteroatoms. The van der Waals surface area contributed by atoms with Gasteiger partial charge in [0, 0.05) is 44.4 Å². The molecule has 4 aromatic rings. The summed E-state index contributed by atoms with van der Waals surface area (Å²) in [6.45, 7) is 1.76. The lowest BCUT2D eigenvalue weighted by atomic mass is 10.3. The summed E-state index contributed by atoms with van der Waals surface area (Å²) < 4.78 is 31.7. The molecule has 1 aliphatic carbocycles. The lowest BCUT2D eigenvalue weighted by Crippen LogP contribution is -2.27. The van der Waals surface area contributed by atoms with Crippen LogP contribution in [-0.4, -0.2) is 54.1 Å². The van der Waals surface area contributed by atoms with Gasteiger partial charge in [-0.25, -0.2) is 13.8 Å². The normalized spacial score (nSPS) is 17.1. The fourth-order valence-corrected chi connectivity index (χ4v) is 3.69. The molecule has 0 radical (unpaired) electrons. The van der Waals surface area contributed by atoms with Crippen LogP contribution in [0.4, 0.5) is 26.1 Å². The van der Waals surface area contributed by atoms with Crippen molar-refractivity contribution >= 4 is 28.9 Å². The summed E-state index contributed by atoms with van der Waals surface area (Å²) >= 11 is 0. The number of anilines is 3. The maximum absolute atomic E-state index is 14.4. The molecule has 1 fully saturated rings. The number of carbonyl (C=O) groups is 1. The Morgan fingerprint density at radius 3 is 2.68 bits per heavy atom. The number of hydrogen-bond donors (Lipinski definition) is 3. The maximum atomic E-state index is 14.4. The molecule has 1 amide bonds. The number of carbonyl (C=O) groups excluding carboxylic acids is 1. The first-order chi connectivity index (χ1) is 16.2. The number of fused-ring (bicyclic) bond motifs is 1. The van der Waals surface area contributed by atoms with Crippen LogP contribution in [0.3, 0.4) is 0 Å². The summed E-state index contributed by atoms with van der Waals surface area (Å²) in [5, 5.41) is 16.8. The van der Waals surface area contributed by atoms with Crippen LogP contribution < -0.4 is 21.5 Å². The molecular formula is C21H21F2N9O2. The van der Waals surface area contributed by atoms with Crippen LogP contribution >= 0.6 is 0 Å². The van der Waals surface area contributed by atoms with E-state index in [0.717, 1.165) is 16.8 Å². The molecule has 1 saturated carbocycles. The molecule has 176 valence electrons. The van der Waals surface area contributed by atoms with Crippen molar-refractivity contribution in [2.45, 2.75) is 25.6 Å². The van der Waals surface area contributed by atoms with Gasteiger partial charge in [-0.05, 0) is 6.92 Å². The third kappa shape index (κ3) is 3.74. The highest BCUT2D eigenvalue weighted by Crippen LogP contribution is 2.26. The fourth-order valence-electron chi connectivity index (χ4n) is 3.69. The molecule has 2 atom stereocenters. The van der Waals surface area contributed by atoms with Crippen LogP contribution in [0.2, 0.25) is 0 Å². The van der Waals surface area contributed by atoms with E-state index < -0.39 is 29.5 Å². The quantitative estimate of drug-likeness (QED) is 0.393. The highest BCUT2D eigenvalue weighted by Gasteiger charge is 2.39. The molecule has 4 aromatic heterocycles. The monoisotopic (exact) mass is 469 g/mol. The van der Waals surface area contributed by atoms with Crippen molar-refractivity contribution in [3.63, 3.8) is 0 Å². The van der Waals surface area contributed by atoms with Crippen LogP contribution in [0.1, 0.15) is 22.3 Å². The van der Waals surface area contributed by atoms with E-state index in [1.54, 1.807) is 33.3 Å². The Morgan fingerprint density at radius 2 is 2.03 bits per heavy atom. The predicted octanol–water partition coefficient (Wildman–Crippen LogP) is 1.69. The van der Waals surface area contributed by atoms with E-state index >= 15 is 0 Å². The molecule has 0 spiro atoms. The van der Waals surface area contributed by atoms with Crippen molar-refractivity contribution in [1.29, 1.82) is 0 Å². The molecule has 1 aliphatic rings. The van der Waals surface area contributed by atoms with E-state index in [1.807, 2.05) is 0 Å². The first-order valence-corrected chi connectivity index (χ1v) is 10.5. The first kappa shape index (κ1) is 21.6. The van der Waals surface area contributed by atoms with Crippen LogP contribution in [0, 0.1) is 12.7 Å². The van der Waals surface area contributed by atoms with E-state index in [-0.39, 0.29) is 29.1 Å².